The summed E-state index contributed by atoms with van der Waals surface area (Å²) < 4.78 is 0. The standard InChI is InChI=1S/C19H35N3O4/c1-4-16(23)8-5-9-17(24)20-12-6-10-18(25)21-13-7-11-19(26)22-14-15(2)3/h15H,4-14H2,1-3H3,(H,20,24)(H,21,25)(H,22,26). The summed E-state index contributed by atoms with van der Waals surface area (Å²) in [6, 6.07) is 0. The third-order valence-corrected chi connectivity index (χ3v) is 3.77. The van der Waals surface area contributed by atoms with Crippen LogP contribution in [0.25, 0.3) is 0 Å². The van der Waals surface area contributed by atoms with Gasteiger partial charge in [-0.3, -0.25) is 19.2 Å². The second kappa shape index (κ2) is 15.3. The van der Waals surface area contributed by atoms with Crippen molar-refractivity contribution in [2.75, 3.05) is 19.6 Å². The van der Waals surface area contributed by atoms with Crippen LogP contribution in [0.5, 0.6) is 0 Å². The maximum absolute atomic E-state index is 11.7. The fraction of sp³-hybridized carbons (Fsp3) is 0.789. The molecule has 0 spiro atoms. The van der Waals surface area contributed by atoms with Crippen molar-refractivity contribution in [2.45, 2.75) is 72.1 Å². The number of carbonyl (C=O) groups excluding carboxylic acids is 4. The molecule has 0 aromatic carbocycles. The van der Waals surface area contributed by atoms with Gasteiger partial charge in [-0.2, -0.15) is 0 Å². The lowest BCUT2D eigenvalue weighted by atomic mass is 10.1. The number of hydrogen-bond donors (Lipinski definition) is 3. The molecule has 0 saturated heterocycles. The molecule has 0 aromatic rings. The van der Waals surface area contributed by atoms with Gasteiger partial charge in [-0.05, 0) is 25.2 Å². The molecule has 0 fully saturated rings. The van der Waals surface area contributed by atoms with Gasteiger partial charge in [0.25, 0.3) is 0 Å². The molecule has 3 amide bonds. The topological polar surface area (TPSA) is 104 Å². The lowest BCUT2D eigenvalue weighted by Crippen LogP contribution is -2.30. The molecule has 150 valence electrons. The van der Waals surface area contributed by atoms with E-state index in [9.17, 15) is 19.2 Å². The SMILES string of the molecule is CCC(=O)CCCC(=O)NCCCC(=O)NCCCC(=O)NCC(C)C. The first-order valence-electron chi connectivity index (χ1n) is 9.66. The fourth-order valence-electron chi connectivity index (χ4n) is 2.16. The van der Waals surface area contributed by atoms with Crippen LogP contribution in [0, 0.1) is 5.92 Å². The number of Topliss-reactive ketones (excluding diaryl/α,β-unsaturated/α-hetero) is 1. The maximum atomic E-state index is 11.7. The molecule has 26 heavy (non-hydrogen) atoms. The third kappa shape index (κ3) is 15.6. The Morgan fingerprint density at radius 2 is 1.15 bits per heavy atom. The summed E-state index contributed by atoms with van der Waals surface area (Å²) in [6.07, 6.45) is 3.81. The predicted molar refractivity (Wildman–Crippen MR) is 101 cm³/mol. The summed E-state index contributed by atoms with van der Waals surface area (Å²) in [6.45, 7) is 7.49. The number of hydrogen-bond acceptors (Lipinski definition) is 4. The second-order valence-corrected chi connectivity index (χ2v) is 6.85. The first kappa shape index (κ1) is 24.1. The molecular weight excluding hydrogens is 334 g/mol. The number of ketones is 1. The molecule has 0 aliphatic rings. The highest BCUT2D eigenvalue weighted by Crippen LogP contribution is 1.99. The molecule has 7 heteroatoms. The number of amides is 3. The van der Waals surface area contributed by atoms with Gasteiger partial charge in [-0.25, -0.2) is 0 Å². The largest absolute Gasteiger partial charge is 0.356 e. The summed E-state index contributed by atoms with van der Waals surface area (Å²) in [5.74, 6) is 0.457. The highest BCUT2D eigenvalue weighted by atomic mass is 16.2. The van der Waals surface area contributed by atoms with Crippen molar-refractivity contribution in [1.29, 1.82) is 0 Å². The molecule has 0 saturated carbocycles. The summed E-state index contributed by atoms with van der Waals surface area (Å²) in [5, 5.41) is 8.36. The van der Waals surface area contributed by atoms with E-state index in [0.717, 1.165) is 0 Å². The first-order valence-corrected chi connectivity index (χ1v) is 9.66. The Labute approximate surface area is 157 Å². The zero-order valence-corrected chi connectivity index (χ0v) is 16.5. The van der Waals surface area contributed by atoms with Gasteiger partial charge in [0, 0.05) is 51.7 Å². The van der Waals surface area contributed by atoms with Gasteiger partial charge in [0.2, 0.25) is 17.7 Å². The third-order valence-electron chi connectivity index (χ3n) is 3.77. The van der Waals surface area contributed by atoms with Crippen LogP contribution in [0.3, 0.4) is 0 Å². The van der Waals surface area contributed by atoms with Gasteiger partial charge in [0.1, 0.15) is 5.78 Å². The Bertz CT molecular complexity index is 450. The molecule has 0 rings (SSSR count). The monoisotopic (exact) mass is 369 g/mol. The van der Waals surface area contributed by atoms with Crippen molar-refractivity contribution in [3.8, 4) is 0 Å². The van der Waals surface area contributed by atoms with Crippen molar-refractivity contribution < 1.29 is 19.2 Å². The van der Waals surface area contributed by atoms with Crippen LogP contribution in [0.1, 0.15) is 72.1 Å². The van der Waals surface area contributed by atoms with Crippen LogP contribution in [-0.4, -0.2) is 43.1 Å². The van der Waals surface area contributed by atoms with Crippen LogP contribution < -0.4 is 16.0 Å². The second-order valence-electron chi connectivity index (χ2n) is 6.85. The van der Waals surface area contributed by atoms with Crippen LogP contribution in [0.4, 0.5) is 0 Å². The van der Waals surface area contributed by atoms with Crippen LogP contribution in [0.15, 0.2) is 0 Å². The molecule has 0 aliphatic heterocycles. The molecular formula is C19H35N3O4. The summed E-state index contributed by atoms with van der Waals surface area (Å²) in [7, 11) is 0. The molecule has 0 bridgehead atoms. The highest BCUT2D eigenvalue weighted by Gasteiger charge is 2.06. The van der Waals surface area contributed by atoms with Crippen molar-refractivity contribution in [1.82, 2.24) is 16.0 Å². The maximum Gasteiger partial charge on any atom is 0.220 e. The van der Waals surface area contributed by atoms with Crippen LogP contribution in [-0.2, 0) is 19.2 Å². The molecule has 0 unspecified atom stereocenters. The Morgan fingerprint density at radius 3 is 1.62 bits per heavy atom. The minimum atomic E-state index is -0.0817. The van der Waals surface area contributed by atoms with E-state index in [-0.39, 0.29) is 23.5 Å². The van der Waals surface area contributed by atoms with E-state index in [1.165, 1.54) is 0 Å². The van der Waals surface area contributed by atoms with Crippen molar-refractivity contribution >= 4 is 23.5 Å². The van der Waals surface area contributed by atoms with Gasteiger partial charge in [-0.1, -0.05) is 20.8 Å². The predicted octanol–water partition coefficient (Wildman–Crippen LogP) is 1.70. The van der Waals surface area contributed by atoms with Gasteiger partial charge >= 0.3 is 0 Å². The molecule has 0 aliphatic carbocycles. The smallest absolute Gasteiger partial charge is 0.220 e. The Balaban J connectivity index is 3.53. The van der Waals surface area contributed by atoms with E-state index in [0.29, 0.717) is 76.9 Å². The number of rotatable bonds is 15. The van der Waals surface area contributed by atoms with E-state index < -0.39 is 0 Å². The first-order chi connectivity index (χ1) is 12.3. The Hall–Kier alpha value is -1.92. The summed E-state index contributed by atoms with van der Waals surface area (Å²) >= 11 is 0. The Morgan fingerprint density at radius 1 is 0.692 bits per heavy atom. The van der Waals surface area contributed by atoms with Crippen LogP contribution in [0.2, 0.25) is 0 Å². The number of carbonyl (C=O) groups is 4. The molecule has 3 N–H and O–H groups in total. The lowest BCUT2D eigenvalue weighted by molar-refractivity contribution is -0.123. The summed E-state index contributed by atoms with van der Waals surface area (Å²) in [4.78, 5) is 45.9. The van der Waals surface area contributed by atoms with E-state index in [1.54, 1.807) is 0 Å². The molecule has 7 nitrogen and oxygen atoms in total. The molecule has 0 radical (unpaired) electrons. The van der Waals surface area contributed by atoms with E-state index in [1.807, 2.05) is 20.8 Å². The fourth-order valence-corrected chi connectivity index (χ4v) is 2.16. The number of nitrogens with one attached hydrogen (secondary N) is 3. The molecule has 0 aromatic heterocycles. The van der Waals surface area contributed by atoms with Crippen LogP contribution >= 0.6 is 0 Å². The van der Waals surface area contributed by atoms with E-state index in [4.69, 9.17) is 0 Å². The van der Waals surface area contributed by atoms with Crippen molar-refractivity contribution in [3.63, 3.8) is 0 Å². The normalized spacial score (nSPS) is 10.5. The average molecular weight is 370 g/mol. The van der Waals surface area contributed by atoms with E-state index in [2.05, 4.69) is 16.0 Å². The highest BCUT2D eigenvalue weighted by molar-refractivity contribution is 5.80. The minimum Gasteiger partial charge on any atom is -0.356 e. The molecule has 0 atom stereocenters. The minimum absolute atomic E-state index is 0.0105. The lowest BCUT2D eigenvalue weighted by Gasteiger charge is -2.08. The van der Waals surface area contributed by atoms with E-state index >= 15 is 0 Å². The van der Waals surface area contributed by atoms with Crippen molar-refractivity contribution in [3.05, 3.63) is 0 Å². The van der Waals surface area contributed by atoms with Gasteiger partial charge in [0.15, 0.2) is 0 Å². The average Bonchev–Trinajstić information content (AvgIpc) is 2.60. The Kier molecular flexibility index (Phi) is 14.2. The van der Waals surface area contributed by atoms with Gasteiger partial charge < -0.3 is 16.0 Å². The zero-order valence-electron chi connectivity index (χ0n) is 16.5. The summed E-state index contributed by atoms with van der Waals surface area (Å²) in [5.41, 5.74) is 0. The quantitative estimate of drug-likeness (QED) is 0.382. The zero-order chi connectivity index (χ0) is 19.8. The van der Waals surface area contributed by atoms with Crippen molar-refractivity contribution in [2.24, 2.45) is 5.92 Å². The molecule has 0 heterocycles. The van der Waals surface area contributed by atoms with Gasteiger partial charge in [-0.15, -0.1) is 0 Å². The van der Waals surface area contributed by atoms with Gasteiger partial charge in [0.05, 0.1) is 0 Å².